The molecule has 1 unspecified atom stereocenters. The zero-order valence-corrected chi connectivity index (χ0v) is 11.1. The Kier molecular flexibility index (Phi) is 3.81. The first-order valence-electron chi connectivity index (χ1n) is 5.40. The van der Waals surface area contributed by atoms with Crippen LogP contribution in [0.1, 0.15) is 23.2 Å². The van der Waals surface area contributed by atoms with Gasteiger partial charge in [0, 0.05) is 15.7 Å². The van der Waals surface area contributed by atoms with Gasteiger partial charge in [-0.25, -0.2) is 0 Å². The zero-order chi connectivity index (χ0) is 11.5. The molecule has 0 aliphatic carbocycles. The predicted molar refractivity (Wildman–Crippen MR) is 70.3 cm³/mol. The van der Waals surface area contributed by atoms with Crippen molar-refractivity contribution in [2.24, 2.45) is 0 Å². The van der Waals surface area contributed by atoms with Crippen LogP contribution in [0.5, 0.6) is 0 Å². The minimum absolute atomic E-state index is 0.00628. The molecule has 0 bridgehead atoms. The summed E-state index contributed by atoms with van der Waals surface area (Å²) in [7, 11) is 0. The molecule has 2 rings (SSSR count). The zero-order valence-electron chi connectivity index (χ0n) is 8.90. The summed E-state index contributed by atoms with van der Waals surface area (Å²) in [5.74, 6) is 0.0351. The fourth-order valence-electron chi connectivity index (χ4n) is 2.05. The number of rotatable bonds is 2. The van der Waals surface area contributed by atoms with Crippen LogP contribution in [0.2, 0.25) is 0 Å². The first kappa shape index (κ1) is 11.9. The first-order valence-corrected chi connectivity index (χ1v) is 6.47. The molecule has 1 amide bonds. The van der Waals surface area contributed by atoms with E-state index >= 15 is 0 Å². The quantitative estimate of drug-likeness (QED) is 0.841. The van der Waals surface area contributed by atoms with E-state index in [2.05, 4.69) is 22.6 Å². The summed E-state index contributed by atoms with van der Waals surface area (Å²) in [6, 6.07) is 7.55. The third-order valence-electron chi connectivity index (χ3n) is 2.94. The number of benzene rings is 1. The van der Waals surface area contributed by atoms with Gasteiger partial charge in [0.2, 0.25) is 0 Å². The number of aliphatic hydroxyl groups excluding tert-OH is 1. The van der Waals surface area contributed by atoms with Crippen molar-refractivity contribution in [1.82, 2.24) is 4.90 Å². The molecule has 1 saturated heterocycles. The third-order valence-corrected chi connectivity index (χ3v) is 3.66. The second-order valence-electron chi connectivity index (χ2n) is 3.98. The largest absolute Gasteiger partial charge is 0.394 e. The molecular weight excluding hydrogens is 317 g/mol. The first-order chi connectivity index (χ1) is 7.72. The number of halogens is 1. The molecule has 1 aliphatic rings. The van der Waals surface area contributed by atoms with Crippen LogP contribution in [0.25, 0.3) is 0 Å². The summed E-state index contributed by atoms with van der Waals surface area (Å²) in [6.07, 6.45) is 1.90. The highest BCUT2D eigenvalue weighted by Gasteiger charge is 2.28. The Labute approximate surface area is 109 Å². The smallest absolute Gasteiger partial charge is 0.254 e. The monoisotopic (exact) mass is 331 g/mol. The molecule has 3 nitrogen and oxygen atoms in total. The molecule has 1 aromatic rings. The maximum Gasteiger partial charge on any atom is 0.254 e. The van der Waals surface area contributed by atoms with E-state index in [9.17, 15) is 9.90 Å². The molecule has 1 N–H and O–H groups in total. The molecule has 1 fully saturated rings. The van der Waals surface area contributed by atoms with Gasteiger partial charge in [0.1, 0.15) is 0 Å². The van der Waals surface area contributed by atoms with Crippen molar-refractivity contribution in [3.8, 4) is 0 Å². The van der Waals surface area contributed by atoms with E-state index in [1.54, 1.807) is 4.90 Å². The Balaban J connectivity index is 2.15. The Morgan fingerprint density at radius 3 is 2.75 bits per heavy atom. The van der Waals surface area contributed by atoms with E-state index in [-0.39, 0.29) is 18.6 Å². The minimum Gasteiger partial charge on any atom is -0.394 e. The molecule has 1 heterocycles. The van der Waals surface area contributed by atoms with Crippen molar-refractivity contribution < 1.29 is 9.90 Å². The Morgan fingerprint density at radius 2 is 2.12 bits per heavy atom. The average molecular weight is 331 g/mol. The standard InChI is InChI=1S/C12H14INO2/c13-10-5-3-9(4-6-10)12(16)14-7-1-2-11(14)8-15/h3-6,11,15H,1-2,7-8H2. The molecule has 86 valence electrons. The summed E-state index contributed by atoms with van der Waals surface area (Å²) < 4.78 is 1.12. The van der Waals surface area contributed by atoms with Crippen LogP contribution in [0.15, 0.2) is 24.3 Å². The average Bonchev–Trinajstić information content (AvgIpc) is 2.77. The summed E-state index contributed by atoms with van der Waals surface area (Å²) >= 11 is 2.21. The van der Waals surface area contributed by atoms with E-state index in [1.165, 1.54) is 0 Å². The van der Waals surface area contributed by atoms with Crippen molar-refractivity contribution in [2.75, 3.05) is 13.2 Å². The molecule has 4 heteroatoms. The van der Waals surface area contributed by atoms with Gasteiger partial charge in [-0.2, -0.15) is 0 Å². The normalized spacial score (nSPS) is 20.1. The molecule has 1 aliphatic heterocycles. The molecule has 0 aromatic heterocycles. The van der Waals surface area contributed by atoms with Gasteiger partial charge in [-0.1, -0.05) is 0 Å². The van der Waals surface area contributed by atoms with Crippen LogP contribution in [0, 0.1) is 3.57 Å². The van der Waals surface area contributed by atoms with E-state index in [0.717, 1.165) is 23.0 Å². The summed E-state index contributed by atoms with van der Waals surface area (Å²) in [6.45, 7) is 0.826. The lowest BCUT2D eigenvalue weighted by Crippen LogP contribution is -2.37. The van der Waals surface area contributed by atoms with Crippen LogP contribution in [0.3, 0.4) is 0 Å². The number of carbonyl (C=O) groups excluding carboxylic acids is 1. The van der Waals surface area contributed by atoms with Gasteiger partial charge >= 0.3 is 0 Å². The topological polar surface area (TPSA) is 40.5 Å². The van der Waals surface area contributed by atoms with Crippen LogP contribution in [-0.4, -0.2) is 35.1 Å². The number of carbonyl (C=O) groups is 1. The number of hydrogen-bond donors (Lipinski definition) is 1. The Hall–Kier alpha value is -0.620. The maximum absolute atomic E-state index is 12.1. The summed E-state index contributed by atoms with van der Waals surface area (Å²) in [5.41, 5.74) is 0.709. The molecule has 0 saturated carbocycles. The van der Waals surface area contributed by atoms with Crippen molar-refractivity contribution in [3.63, 3.8) is 0 Å². The van der Waals surface area contributed by atoms with Crippen molar-refractivity contribution in [1.29, 1.82) is 0 Å². The SMILES string of the molecule is O=C(c1ccc(I)cc1)N1CCCC1CO. The summed E-state index contributed by atoms with van der Waals surface area (Å²) in [4.78, 5) is 13.9. The number of hydrogen-bond acceptors (Lipinski definition) is 2. The predicted octanol–water partition coefficient (Wildman–Crippen LogP) is 1.89. The van der Waals surface area contributed by atoms with E-state index in [1.807, 2.05) is 24.3 Å². The van der Waals surface area contributed by atoms with E-state index in [0.29, 0.717) is 5.56 Å². The Morgan fingerprint density at radius 1 is 1.44 bits per heavy atom. The van der Waals surface area contributed by atoms with Gasteiger partial charge < -0.3 is 10.0 Å². The lowest BCUT2D eigenvalue weighted by atomic mass is 10.2. The maximum atomic E-state index is 12.1. The fourth-order valence-corrected chi connectivity index (χ4v) is 2.41. The van der Waals surface area contributed by atoms with Crippen LogP contribution in [0.4, 0.5) is 0 Å². The second-order valence-corrected chi connectivity index (χ2v) is 5.23. The highest BCUT2D eigenvalue weighted by atomic mass is 127. The third kappa shape index (κ3) is 2.38. The highest BCUT2D eigenvalue weighted by molar-refractivity contribution is 14.1. The summed E-state index contributed by atoms with van der Waals surface area (Å²) in [5, 5.41) is 9.18. The van der Waals surface area contributed by atoms with E-state index < -0.39 is 0 Å². The molecular formula is C12H14INO2. The molecule has 0 spiro atoms. The number of aliphatic hydroxyl groups is 1. The van der Waals surface area contributed by atoms with Gasteiger partial charge in [0.05, 0.1) is 12.6 Å². The van der Waals surface area contributed by atoms with Gasteiger partial charge in [0.25, 0.3) is 5.91 Å². The van der Waals surface area contributed by atoms with Crippen molar-refractivity contribution in [2.45, 2.75) is 18.9 Å². The highest BCUT2D eigenvalue weighted by Crippen LogP contribution is 2.20. The van der Waals surface area contributed by atoms with Gasteiger partial charge in [-0.3, -0.25) is 4.79 Å². The molecule has 16 heavy (non-hydrogen) atoms. The molecule has 0 radical (unpaired) electrons. The molecule has 1 atom stereocenters. The van der Waals surface area contributed by atoms with Crippen molar-refractivity contribution in [3.05, 3.63) is 33.4 Å². The number of likely N-dealkylation sites (tertiary alicyclic amines) is 1. The Bertz CT molecular complexity index is 377. The second kappa shape index (κ2) is 5.14. The van der Waals surface area contributed by atoms with Crippen LogP contribution < -0.4 is 0 Å². The number of nitrogens with zero attached hydrogens (tertiary/aromatic N) is 1. The van der Waals surface area contributed by atoms with E-state index in [4.69, 9.17) is 0 Å². The molecule has 1 aromatic carbocycles. The lowest BCUT2D eigenvalue weighted by Gasteiger charge is -2.23. The van der Waals surface area contributed by atoms with Gasteiger partial charge in [0.15, 0.2) is 0 Å². The van der Waals surface area contributed by atoms with Gasteiger partial charge in [-0.05, 0) is 59.7 Å². The van der Waals surface area contributed by atoms with Crippen LogP contribution in [-0.2, 0) is 0 Å². The minimum atomic E-state index is 0.00628. The van der Waals surface area contributed by atoms with Crippen LogP contribution >= 0.6 is 22.6 Å². The van der Waals surface area contributed by atoms with Crippen molar-refractivity contribution >= 4 is 28.5 Å². The fraction of sp³-hybridized carbons (Fsp3) is 0.417. The number of amides is 1. The van der Waals surface area contributed by atoms with Gasteiger partial charge in [-0.15, -0.1) is 0 Å². The lowest BCUT2D eigenvalue weighted by molar-refractivity contribution is 0.0677.